The molecule has 0 radical (unpaired) electrons. The lowest BCUT2D eigenvalue weighted by Gasteiger charge is -2.62. The number of aliphatic hydroxyl groups is 2. The third-order valence-electron chi connectivity index (χ3n) is 12.1. The second-order valence-electron chi connectivity index (χ2n) is 13.7. The van der Waals surface area contributed by atoms with E-state index in [0.717, 1.165) is 44.9 Å². The zero-order valence-corrected chi connectivity index (χ0v) is 23.2. The summed E-state index contributed by atoms with van der Waals surface area (Å²) in [5, 5.41) is 34.3. The van der Waals surface area contributed by atoms with E-state index in [-0.39, 0.29) is 34.9 Å². The highest BCUT2D eigenvalue weighted by molar-refractivity contribution is 5.83. The first-order valence-electron chi connectivity index (χ1n) is 14.8. The van der Waals surface area contributed by atoms with E-state index < -0.39 is 12.0 Å². The molecule has 206 valence electrons. The number of amides is 1. The van der Waals surface area contributed by atoms with Gasteiger partial charge in [-0.3, -0.25) is 4.79 Å². The van der Waals surface area contributed by atoms with Crippen molar-refractivity contribution in [3.8, 4) is 0 Å². The van der Waals surface area contributed by atoms with Crippen LogP contribution in [-0.4, -0.2) is 45.4 Å². The van der Waals surface area contributed by atoms with Gasteiger partial charge in [-0.25, -0.2) is 4.79 Å². The number of carbonyl (C=O) groups excluding carboxylic acids is 1. The minimum atomic E-state index is -0.965. The maximum Gasteiger partial charge on any atom is 0.326 e. The third kappa shape index (κ3) is 4.74. The Balaban J connectivity index is 1.41. The predicted molar refractivity (Wildman–Crippen MR) is 140 cm³/mol. The molecular weight excluding hydrogens is 454 g/mol. The Bertz CT molecular complexity index is 817. The van der Waals surface area contributed by atoms with Gasteiger partial charge in [-0.2, -0.15) is 0 Å². The maximum absolute atomic E-state index is 12.7. The SMILES string of the molecule is CCC(C)[C@H](NC(=O)CC[C@@H](C)[C@H]1CC[C@H]2[C@@H]3CC[C@@H]4C[C@H](O)CC[C@]4(C)[C@H]3C[C@H](O)[C@]12C)C(=O)O. The van der Waals surface area contributed by atoms with Gasteiger partial charge >= 0.3 is 5.97 Å². The Hall–Kier alpha value is -1.14. The van der Waals surface area contributed by atoms with E-state index in [2.05, 4.69) is 26.1 Å². The van der Waals surface area contributed by atoms with Gasteiger partial charge in [-0.15, -0.1) is 0 Å². The largest absolute Gasteiger partial charge is 0.480 e. The summed E-state index contributed by atoms with van der Waals surface area (Å²) < 4.78 is 0. The zero-order valence-electron chi connectivity index (χ0n) is 23.2. The average Bonchev–Trinajstić information content (AvgIpc) is 3.20. The van der Waals surface area contributed by atoms with Crippen LogP contribution in [0.3, 0.4) is 0 Å². The fourth-order valence-corrected chi connectivity index (χ4v) is 9.65. The van der Waals surface area contributed by atoms with Gasteiger partial charge in [0.2, 0.25) is 5.91 Å². The number of carboxylic acids is 1. The Morgan fingerprint density at radius 3 is 2.39 bits per heavy atom. The Kier molecular flexibility index (Phi) is 8.17. The molecule has 6 heteroatoms. The second kappa shape index (κ2) is 10.6. The average molecular weight is 506 g/mol. The zero-order chi connectivity index (χ0) is 26.4. The molecule has 1 amide bonds. The molecule has 0 aromatic heterocycles. The van der Waals surface area contributed by atoms with Crippen molar-refractivity contribution in [3.05, 3.63) is 0 Å². The molecule has 0 aromatic carbocycles. The van der Waals surface area contributed by atoms with Crippen molar-refractivity contribution in [2.45, 2.75) is 123 Å². The standard InChI is InChI=1S/C30H51NO5/c1-6-17(2)27(28(35)36)31-26(34)12-7-18(3)22-10-11-23-21-9-8-19-15-20(32)13-14-29(19,4)24(21)16-25(33)30(22,23)5/h17-25,27,32-33H,6-16H2,1-5H3,(H,31,34)(H,35,36)/t17?,18-,19-,20-,21+,22-,23+,24+,25+,27+,29+,30-/m1/s1. The molecule has 4 saturated carbocycles. The van der Waals surface area contributed by atoms with Crippen LogP contribution in [-0.2, 0) is 9.59 Å². The normalized spacial score (nSPS) is 44.5. The molecule has 4 fully saturated rings. The Morgan fingerprint density at radius 1 is 1.00 bits per heavy atom. The number of hydrogen-bond acceptors (Lipinski definition) is 4. The summed E-state index contributed by atoms with van der Waals surface area (Å²) in [5.41, 5.74) is 0.122. The number of aliphatic carboxylic acids is 1. The predicted octanol–water partition coefficient (Wildman–Crippen LogP) is 5.01. The number of hydrogen-bond donors (Lipinski definition) is 4. The molecule has 4 aliphatic carbocycles. The van der Waals surface area contributed by atoms with Gasteiger partial charge in [-0.05, 0) is 110 Å². The van der Waals surface area contributed by atoms with Crippen molar-refractivity contribution in [1.82, 2.24) is 5.32 Å². The van der Waals surface area contributed by atoms with Crippen LogP contribution in [0.15, 0.2) is 0 Å². The van der Waals surface area contributed by atoms with E-state index >= 15 is 0 Å². The third-order valence-corrected chi connectivity index (χ3v) is 12.1. The number of fused-ring (bicyclic) bond motifs is 5. The first-order chi connectivity index (χ1) is 16.9. The van der Waals surface area contributed by atoms with Crippen LogP contribution in [0, 0.1) is 52.3 Å². The summed E-state index contributed by atoms with van der Waals surface area (Å²) in [6.45, 7) is 10.8. The van der Waals surface area contributed by atoms with Crippen molar-refractivity contribution in [1.29, 1.82) is 0 Å². The van der Waals surface area contributed by atoms with Gasteiger partial charge in [0.25, 0.3) is 0 Å². The first-order valence-corrected chi connectivity index (χ1v) is 14.8. The van der Waals surface area contributed by atoms with Crippen molar-refractivity contribution >= 4 is 11.9 Å². The summed E-state index contributed by atoms with van der Waals surface area (Å²) in [7, 11) is 0. The molecule has 4 aliphatic rings. The van der Waals surface area contributed by atoms with Crippen LogP contribution in [0.1, 0.15) is 105 Å². The lowest BCUT2D eigenvalue weighted by Crippen LogP contribution is -2.58. The number of nitrogens with one attached hydrogen (secondary N) is 1. The molecule has 0 saturated heterocycles. The number of aliphatic hydroxyl groups excluding tert-OH is 2. The number of carboxylic acid groups (broad SMARTS) is 1. The van der Waals surface area contributed by atoms with Gasteiger partial charge in [0.1, 0.15) is 6.04 Å². The van der Waals surface area contributed by atoms with Crippen molar-refractivity contribution in [2.75, 3.05) is 0 Å². The Labute approximate surface area is 218 Å². The monoisotopic (exact) mass is 505 g/mol. The van der Waals surface area contributed by atoms with Gasteiger partial charge in [-0.1, -0.05) is 41.0 Å². The van der Waals surface area contributed by atoms with Gasteiger partial charge < -0.3 is 20.6 Å². The molecule has 6 nitrogen and oxygen atoms in total. The minimum Gasteiger partial charge on any atom is -0.480 e. The molecule has 4 N–H and O–H groups in total. The van der Waals surface area contributed by atoms with E-state index in [4.69, 9.17) is 0 Å². The van der Waals surface area contributed by atoms with Gasteiger partial charge in [0.05, 0.1) is 12.2 Å². The molecule has 0 spiro atoms. The van der Waals surface area contributed by atoms with E-state index in [1.54, 1.807) is 0 Å². The molecule has 1 unspecified atom stereocenters. The highest BCUT2D eigenvalue weighted by Crippen LogP contribution is 2.68. The minimum absolute atomic E-state index is 0.104. The molecule has 0 aliphatic heterocycles. The molecule has 0 aromatic rings. The van der Waals surface area contributed by atoms with Gasteiger partial charge in [0.15, 0.2) is 0 Å². The van der Waals surface area contributed by atoms with E-state index in [1.807, 2.05) is 13.8 Å². The summed E-state index contributed by atoms with van der Waals surface area (Å²) in [5.74, 6) is 1.76. The molecule has 12 atom stereocenters. The molecule has 0 heterocycles. The van der Waals surface area contributed by atoms with Crippen molar-refractivity contribution in [2.24, 2.45) is 52.3 Å². The van der Waals surface area contributed by atoms with Gasteiger partial charge in [0, 0.05) is 6.42 Å². The van der Waals surface area contributed by atoms with E-state index in [1.165, 1.54) is 12.8 Å². The van der Waals surface area contributed by atoms with E-state index in [0.29, 0.717) is 48.3 Å². The number of carbonyl (C=O) groups is 2. The summed E-state index contributed by atoms with van der Waals surface area (Å²) in [6, 6.07) is -0.833. The number of rotatable bonds is 8. The molecular formula is C30H51NO5. The van der Waals surface area contributed by atoms with Crippen LogP contribution >= 0.6 is 0 Å². The van der Waals surface area contributed by atoms with E-state index in [9.17, 15) is 24.9 Å². The van der Waals surface area contributed by atoms with Crippen LogP contribution in [0.5, 0.6) is 0 Å². The fourth-order valence-electron chi connectivity index (χ4n) is 9.65. The molecule has 4 rings (SSSR count). The summed E-state index contributed by atoms with van der Waals surface area (Å²) >= 11 is 0. The highest BCUT2D eigenvalue weighted by Gasteiger charge is 2.63. The Morgan fingerprint density at radius 2 is 1.72 bits per heavy atom. The molecule has 36 heavy (non-hydrogen) atoms. The molecule has 0 bridgehead atoms. The summed E-state index contributed by atoms with van der Waals surface area (Å²) in [4.78, 5) is 24.3. The summed E-state index contributed by atoms with van der Waals surface area (Å²) in [6.07, 6.45) is 9.78. The van der Waals surface area contributed by atoms with Crippen molar-refractivity contribution in [3.63, 3.8) is 0 Å². The van der Waals surface area contributed by atoms with Crippen LogP contribution in [0.25, 0.3) is 0 Å². The maximum atomic E-state index is 12.7. The highest BCUT2D eigenvalue weighted by atomic mass is 16.4. The fraction of sp³-hybridized carbons (Fsp3) is 0.933. The van der Waals surface area contributed by atoms with Crippen LogP contribution in [0.2, 0.25) is 0 Å². The lowest BCUT2D eigenvalue weighted by molar-refractivity contribution is -0.175. The van der Waals surface area contributed by atoms with Crippen LogP contribution < -0.4 is 5.32 Å². The second-order valence-corrected chi connectivity index (χ2v) is 13.7. The first kappa shape index (κ1) is 27.9. The quantitative estimate of drug-likeness (QED) is 0.371. The lowest BCUT2D eigenvalue weighted by atomic mass is 9.43. The van der Waals surface area contributed by atoms with Crippen LogP contribution in [0.4, 0.5) is 0 Å². The topological polar surface area (TPSA) is 107 Å². The van der Waals surface area contributed by atoms with Crippen molar-refractivity contribution < 1.29 is 24.9 Å². The smallest absolute Gasteiger partial charge is 0.326 e.